The first-order valence-corrected chi connectivity index (χ1v) is 9.89. The Balaban J connectivity index is 0.000000416. The number of hydrogen-bond acceptors (Lipinski definition) is 4. The number of halogens is 2. The van der Waals surface area contributed by atoms with E-state index in [2.05, 4.69) is 29.6 Å². The minimum Gasteiger partial charge on any atom is -0.478 e. The van der Waals surface area contributed by atoms with Crippen LogP contribution >= 0.6 is 35.0 Å². The Morgan fingerprint density at radius 2 is 1.75 bits per heavy atom. The molecule has 0 saturated carbocycles. The van der Waals surface area contributed by atoms with Gasteiger partial charge < -0.3 is 15.5 Å². The normalized spacial score (nSPS) is 10.4. The number of hydrogen-bond donors (Lipinski definition) is 3. The molecule has 0 aliphatic heterocycles. The van der Waals surface area contributed by atoms with Gasteiger partial charge in [0.2, 0.25) is 0 Å². The van der Waals surface area contributed by atoms with Gasteiger partial charge in [0.15, 0.2) is 0 Å². The average Bonchev–Trinajstić information content (AvgIpc) is 2.64. The molecule has 2 aromatic carbocycles. The zero-order valence-electron chi connectivity index (χ0n) is 15.2. The van der Waals surface area contributed by atoms with Crippen LogP contribution in [-0.4, -0.2) is 35.7 Å². The van der Waals surface area contributed by atoms with Gasteiger partial charge in [0.1, 0.15) is 0 Å². The maximum atomic E-state index is 9.55. The third-order valence-corrected chi connectivity index (χ3v) is 5.00. The third kappa shape index (κ3) is 10.4. The summed E-state index contributed by atoms with van der Waals surface area (Å²) in [6.45, 7) is 1.04. The van der Waals surface area contributed by atoms with Crippen LogP contribution in [0.15, 0.2) is 64.4 Å². The highest BCUT2D eigenvalue weighted by Gasteiger charge is 2.04. The number of nitrogens with one attached hydrogen (secondary N) is 1. The van der Waals surface area contributed by atoms with Crippen molar-refractivity contribution in [1.82, 2.24) is 5.32 Å². The number of carboxylic acids is 2. The monoisotopic (exact) mass is 441 g/mol. The van der Waals surface area contributed by atoms with Crippen LogP contribution < -0.4 is 5.32 Å². The zero-order valence-corrected chi connectivity index (χ0v) is 17.5. The largest absolute Gasteiger partial charge is 0.478 e. The molecule has 0 aromatic heterocycles. The van der Waals surface area contributed by atoms with Gasteiger partial charge >= 0.3 is 11.9 Å². The lowest BCUT2D eigenvalue weighted by molar-refractivity contribution is -0.134. The van der Waals surface area contributed by atoms with E-state index in [9.17, 15) is 9.59 Å². The van der Waals surface area contributed by atoms with Crippen molar-refractivity contribution in [3.8, 4) is 0 Å². The highest BCUT2D eigenvalue weighted by atomic mass is 35.5. The molecule has 5 nitrogen and oxygen atoms in total. The number of rotatable bonds is 8. The third-order valence-electron chi connectivity index (χ3n) is 3.28. The Hall–Kier alpha value is -1.99. The molecule has 150 valence electrons. The van der Waals surface area contributed by atoms with E-state index in [1.165, 1.54) is 10.5 Å². The second-order valence-corrected chi connectivity index (χ2v) is 7.50. The summed E-state index contributed by atoms with van der Waals surface area (Å²) in [6.07, 6.45) is 3.34. The molecular weight excluding hydrogens is 421 g/mol. The van der Waals surface area contributed by atoms with Gasteiger partial charge in [-0.2, -0.15) is 0 Å². The highest BCUT2D eigenvalue weighted by Crippen LogP contribution is 2.35. The lowest BCUT2D eigenvalue weighted by atomic mass is 10.1. The zero-order chi connectivity index (χ0) is 20.9. The van der Waals surface area contributed by atoms with E-state index in [4.69, 9.17) is 33.4 Å². The predicted octanol–water partition coefficient (Wildman–Crippen LogP) is 5.01. The summed E-state index contributed by atoms with van der Waals surface area (Å²) < 4.78 is 0. The summed E-state index contributed by atoms with van der Waals surface area (Å²) in [6, 6.07) is 14.1. The highest BCUT2D eigenvalue weighted by molar-refractivity contribution is 7.99. The molecule has 8 heteroatoms. The van der Waals surface area contributed by atoms with Crippen LogP contribution in [0.5, 0.6) is 0 Å². The number of carbonyl (C=O) groups is 2. The molecule has 0 radical (unpaired) electrons. The van der Waals surface area contributed by atoms with E-state index in [0.29, 0.717) is 17.2 Å². The molecule has 2 aromatic rings. The van der Waals surface area contributed by atoms with Crippen LogP contribution in [0.25, 0.3) is 0 Å². The van der Waals surface area contributed by atoms with E-state index >= 15 is 0 Å². The second-order valence-electron chi connectivity index (χ2n) is 5.54. The fourth-order valence-corrected chi connectivity index (χ4v) is 3.49. The average molecular weight is 442 g/mol. The van der Waals surface area contributed by atoms with Gasteiger partial charge in [-0.15, -0.1) is 0 Å². The van der Waals surface area contributed by atoms with Crippen molar-refractivity contribution >= 4 is 46.9 Å². The van der Waals surface area contributed by atoms with Gasteiger partial charge in [-0.3, -0.25) is 0 Å². The number of aliphatic carboxylic acids is 2. The van der Waals surface area contributed by atoms with Crippen LogP contribution in [0, 0.1) is 0 Å². The smallest absolute Gasteiger partial charge is 0.328 e. The summed E-state index contributed by atoms with van der Waals surface area (Å²) in [5, 5.41) is 20.2. The minimum atomic E-state index is -1.26. The first-order valence-electron chi connectivity index (χ1n) is 8.32. The summed E-state index contributed by atoms with van der Waals surface area (Å²) in [4.78, 5) is 21.3. The number of carboxylic acid groups (broad SMARTS) is 2. The van der Waals surface area contributed by atoms with E-state index in [1.54, 1.807) is 11.8 Å². The summed E-state index contributed by atoms with van der Waals surface area (Å²) in [7, 11) is 1.98. The molecule has 0 bridgehead atoms. The molecule has 0 fully saturated rings. The van der Waals surface area contributed by atoms with Crippen molar-refractivity contribution in [2.24, 2.45) is 0 Å². The van der Waals surface area contributed by atoms with E-state index in [0.717, 1.165) is 29.3 Å². The Kier molecular flexibility index (Phi) is 11.4. The Morgan fingerprint density at radius 3 is 2.36 bits per heavy atom. The van der Waals surface area contributed by atoms with Crippen LogP contribution in [0.2, 0.25) is 10.0 Å². The first-order chi connectivity index (χ1) is 13.3. The lowest BCUT2D eigenvalue weighted by Crippen LogP contribution is -2.08. The van der Waals surface area contributed by atoms with Gasteiger partial charge in [0.25, 0.3) is 0 Å². The van der Waals surface area contributed by atoms with Gasteiger partial charge in [0, 0.05) is 27.0 Å². The molecule has 0 amide bonds. The molecule has 0 saturated heterocycles. The maximum absolute atomic E-state index is 9.55. The SMILES string of the molecule is CNCCCc1cccc(Sc2cc(Cl)ccc2Cl)c1.O=C(O)C=CC(=O)O. The second kappa shape index (κ2) is 13.2. The summed E-state index contributed by atoms with van der Waals surface area (Å²) >= 11 is 13.9. The van der Waals surface area contributed by atoms with Crippen LogP contribution in [-0.2, 0) is 16.0 Å². The minimum absolute atomic E-state index is 0.558. The Bertz CT molecular complexity index is 812. The van der Waals surface area contributed by atoms with Crippen LogP contribution in [0.3, 0.4) is 0 Å². The topological polar surface area (TPSA) is 86.6 Å². The Labute approximate surface area is 178 Å². The summed E-state index contributed by atoms with van der Waals surface area (Å²) in [5.74, 6) is -2.51. The van der Waals surface area contributed by atoms with Crippen molar-refractivity contribution in [2.45, 2.75) is 22.6 Å². The van der Waals surface area contributed by atoms with Crippen molar-refractivity contribution in [1.29, 1.82) is 0 Å². The molecule has 0 spiro atoms. The number of aryl methyl sites for hydroxylation is 1. The first kappa shape index (κ1) is 24.0. The van der Waals surface area contributed by atoms with Gasteiger partial charge in [-0.25, -0.2) is 9.59 Å². The van der Waals surface area contributed by atoms with E-state index < -0.39 is 11.9 Å². The molecule has 0 aliphatic carbocycles. The molecule has 0 heterocycles. The summed E-state index contributed by atoms with van der Waals surface area (Å²) in [5.41, 5.74) is 1.35. The molecule has 2 rings (SSSR count). The fraction of sp³-hybridized carbons (Fsp3) is 0.200. The van der Waals surface area contributed by atoms with Crippen LogP contribution in [0.1, 0.15) is 12.0 Å². The molecule has 28 heavy (non-hydrogen) atoms. The molecule has 0 unspecified atom stereocenters. The van der Waals surface area contributed by atoms with Gasteiger partial charge in [0.05, 0.1) is 5.02 Å². The van der Waals surface area contributed by atoms with Crippen molar-refractivity contribution in [3.63, 3.8) is 0 Å². The fourth-order valence-electron chi connectivity index (χ4n) is 2.06. The molecular formula is C20H21Cl2NO4S. The maximum Gasteiger partial charge on any atom is 0.328 e. The molecule has 3 N–H and O–H groups in total. The standard InChI is InChI=1S/C16H17Cl2NS.C4H4O4/c1-19-9-3-5-12-4-2-6-14(10-12)20-16-11-13(17)7-8-15(16)18;5-3(6)1-2-4(7)8/h2,4,6-8,10-11,19H,3,5,9H2,1H3;1-2H,(H,5,6)(H,7,8). The Morgan fingerprint density at radius 1 is 1.07 bits per heavy atom. The molecule has 0 atom stereocenters. The molecule has 0 aliphatic rings. The quantitative estimate of drug-likeness (QED) is 0.394. The van der Waals surface area contributed by atoms with Gasteiger partial charge in [-0.1, -0.05) is 47.1 Å². The lowest BCUT2D eigenvalue weighted by Gasteiger charge is -2.07. The van der Waals surface area contributed by atoms with E-state index in [1.807, 2.05) is 25.2 Å². The van der Waals surface area contributed by atoms with Crippen molar-refractivity contribution in [3.05, 3.63) is 70.2 Å². The van der Waals surface area contributed by atoms with Crippen molar-refractivity contribution < 1.29 is 19.8 Å². The van der Waals surface area contributed by atoms with E-state index in [-0.39, 0.29) is 0 Å². The van der Waals surface area contributed by atoms with Crippen LogP contribution in [0.4, 0.5) is 0 Å². The number of benzene rings is 2. The van der Waals surface area contributed by atoms with Gasteiger partial charge in [-0.05, 0) is 62.3 Å². The predicted molar refractivity (Wildman–Crippen MR) is 114 cm³/mol. The van der Waals surface area contributed by atoms with Crippen molar-refractivity contribution in [2.75, 3.05) is 13.6 Å².